The Bertz CT molecular complexity index is 579. The van der Waals surface area contributed by atoms with Crippen LogP contribution in [0.2, 0.25) is 0 Å². The third-order valence-electron chi connectivity index (χ3n) is 3.62. The number of amides is 1. The van der Waals surface area contributed by atoms with Crippen LogP contribution in [-0.4, -0.2) is 31.4 Å². The van der Waals surface area contributed by atoms with Crippen molar-refractivity contribution in [1.82, 2.24) is 10.2 Å². The molecule has 0 aliphatic heterocycles. The van der Waals surface area contributed by atoms with Crippen molar-refractivity contribution >= 4 is 42.1 Å². The van der Waals surface area contributed by atoms with E-state index in [-0.39, 0.29) is 42.8 Å². The molecule has 2 atom stereocenters. The molecule has 0 aliphatic rings. The van der Waals surface area contributed by atoms with E-state index in [9.17, 15) is 4.79 Å². The number of hydrogen-bond donors (Lipinski definition) is 2. The van der Waals surface area contributed by atoms with Gasteiger partial charge in [0.25, 0.3) is 0 Å². The zero-order valence-electron chi connectivity index (χ0n) is 13.8. The predicted octanol–water partition coefficient (Wildman–Crippen LogP) is 3.40. The highest BCUT2D eigenvalue weighted by atomic mass is 35.5. The third kappa shape index (κ3) is 6.79. The van der Waals surface area contributed by atoms with E-state index in [4.69, 9.17) is 5.73 Å². The molecule has 0 spiro atoms. The Kier molecular flexibility index (Phi) is 10.9. The molecule has 0 fully saturated rings. The van der Waals surface area contributed by atoms with Crippen molar-refractivity contribution in [1.29, 1.82) is 0 Å². The molecule has 134 valence electrons. The minimum atomic E-state index is -0.263. The second kappa shape index (κ2) is 11.4. The summed E-state index contributed by atoms with van der Waals surface area (Å²) >= 11 is 1.70. The van der Waals surface area contributed by atoms with E-state index in [1.807, 2.05) is 50.5 Å². The molecule has 2 unspecified atom stereocenters. The van der Waals surface area contributed by atoms with Crippen molar-refractivity contribution in [2.45, 2.75) is 18.5 Å². The van der Waals surface area contributed by atoms with Gasteiger partial charge in [-0.2, -0.15) is 0 Å². The summed E-state index contributed by atoms with van der Waals surface area (Å²) in [6.07, 6.45) is 0.300. The van der Waals surface area contributed by atoms with Crippen molar-refractivity contribution in [3.63, 3.8) is 0 Å². The maximum absolute atomic E-state index is 12.1. The molecule has 0 radical (unpaired) electrons. The second-order valence-corrected chi connectivity index (χ2v) is 6.50. The Hall–Kier alpha value is -1.11. The minimum Gasteiger partial charge on any atom is -0.354 e. The monoisotopic (exact) mass is 389 g/mol. The van der Waals surface area contributed by atoms with Gasteiger partial charge in [-0.3, -0.25) is 4.79 Å². The van der Waals surface area contributed by atoms with Crippen LogP contribution < -0.4 is 11.1 Å². The van der Waals surface area contributed by atoms with Gasteiger partial charge in [-0.05, 0) is 31.1 Å². The van der Waals surface area contributed by atoms with Crippen LogP contribution in [0.25, 0.3) is 0 Å². The summed E-state index contributed by atoms with van der Waals surface area (Å²) in [5.74, 6) is -0.0141. The standard InChI is InChI=1S/C17H23N3OS.2ClH/c1-20(2)15(16-9-6-10-22-16)12-19-17(21)11-14(18)13-7-4-3-5-8-13;;/h3-10,14-15H,11-12,18H2,1-2H3,(H,19,21);2*1H. The summed E-state index contributed by atoms with van der Waals surface area (Å²) in [4.78, 5) is 15.5. The number of nitrogens with one attached hydrogen (secondary N) is 1. The van der Waals surface area contributed by atoms with Gasteiger partial charge in [-0.25, -0.2) is 0 Å². The fourth-order valence-electron chi connectivity index (χ4n) is 2.32. The number of nitrogens with zero attached hydrogens (tertiary/aromatic N) is 1. The first kappa shape index (κ1) is 22.9. The number of halogens is 2. The molecule has 1 aromatic heterocycles. The summed E-state index contributed by atoms with van der Waals surface area (Å²) in [7, 11) is 4.04. The number of rotatable bonds is 7. The van der Waals surface area contributed by atoms with E-state index >= 15 is 0 Å². The molecule has 1 amide bonds. The average Bonchev–Trinajstić information content (AvgIpc) is 3.02. The van der Waals surface area contributed by atoms with Crippen molar-refractivity contribution in [3.8, 4) is 0 Å². The number of nitrogens with two attached hydrogens (primary N) is 1. The fourth-order valence-corrected chi connectivity index (χ4v) is 3.24. The molecule has 24 heavy (non-hydrogen) atoms. The van der Waals surface area contributed by atoms with E-state index in [1.54, 1.807) is 11.3 Å². The van der Waals surface area contributed by atoms with E-state index in [0.717, 1.165) is 5.56 Å². The highest BCUT2D eigenvalue weighted by Gasteiger charge is 2.17. The summed E-state index contributed by atoms with van der Waals surface area (Å²) in [5.41, 5.74) is 7.07. The predicted molar refractivity (Wildman–Crippen MR) is 106 cm³/mol. The van der Waals surface area contributed by atoms with E-state index in [0.29, 0.717) is 13.0 Å². The van der Waals surface area contributed by atoms with E-state index in [1.165, 1.54) is 4.88 Å². The molecule has 1 aromatic carbocycles. The topological polar surface area (TPSA) is 58.4 Å². The number of likely N-dealkylation sites (N-methyl/N-ethyl adjacent to an activating group) is 1. The molecule has 1 heterocycles. The third-order valence-corrected chi connectivity index (χ3v) is 4.59. The van der Waals surface area contributed by atoms with Crippen LogP contribution in [0, 0.1) is 0 Å². The Labute approximate surface area is 160 Å². The quantitative estimate of drug-likeness (QED) is 0.762. The maximum atomic E-state index is 12.1. The maximum Gasteiger partial charge on any atom is 0.221 e. The highest BCUT2D eigenvalue weighted by Crippen LogP contribution is 2.22. The second-order valence-electron chi connectivity index (χ2n) is 5.52. The largest absolute Gasteiger partial charge is 0.354 e. The Balaban J connectivity index is 0.00000264. The van der Waals surface area contributed by atoms with Gasteiger partial charge in [-0.15, -0.1) is 36.2 Å². The van der Waals surface area contributed by atoms with Crippen LogP contribution in [0.4, 0.5) is 0 Å². The van der Waals surface area contributed by atoms with Gasteiger partial charge >= 0.3 is 0 Å². The molecule has 7 heteroatoms. The van der Waals surface area contributed by atoms with Crippen molar-refractivity contribution < 1.29 is 4.79 Å². The van der Waals surface area contributed by atoms with E-state index < -0.39 is 0 Å². The SMILES string of the molecule is CN(C)C(CNC(=O)CC(N)c1ccccc1)c1cccs1.Cl.Cl. The van der Waals surface area contributed by atoms with Gasteiger partial charge in [0.2, 0.25) is 5.91 Å². The lowest BCUT2D eigenvalue weighted by molar-refractivity contribution is -0.121. The first-order valence-corrected chi connectivity index (χ1v) is 8.23. The first-order chi connectivity index (χ1) is 10.6. The summed E-state index contributed by atoms with van der Waals surface area (Å²) in [5, 5.41) is 5.05. The Morgan fingerprint density at radius 2 is 1.83 bits per heavy atom. The molecule has 3 N–H and O–H groups in total. The first-order valence-electron chi connectivity index (χ1n) is 7.35. The van der Waals surface area contributed by atoms with Crippen LogP contribution in [-0.2, 0) is 4.79 Å². The van der Waals surface area contributed by atoms with Crippen LogP contribution >= 0.6 is 36.2 Å². The fraction of sp³-hybridized carbons (Fsp3) is 0.353. The lowest BCUT2D eigenvalue weighted by atomic mass is 10.0. The molecular weight excluding hydrogens is 365 g/mol. The number of hydrogen-bond acceptors (Lipinski definition) is 4. The lowest BCUT2D eigenvalue weighted by Crippen LogP contribution is -2.35. The normalized spacial score (nSPS) is 12.7. The number of benzene rings is 1. The highest BCUT2D eigenvalue weighted by molar-refractivity contribution is 7.10. The average molecular weight is 390 g/mol. The Morgan fingerprint density at radius 3 is 2.38 bits per heavy atom. The summed E-state index contributed by atoms with van der Waals surface area (Å²) < 4.78 is 0. The van der Waals surface area contributed by atoms with E-state index in [2.05, 4.69) is 21.7 Å². The summed E-state index contributed by atoms with van der Waals surface area (Å²) in [6, 6.07) is 13.8. The molecule has 0 saturated heterocycles. The van der Waals surface area contributed by atoms with Gasteiger partial charge in [0.05, 0.1) is 6.04 Å². The molecule has 0 bridgehead atoms. The van der Waals surface area contributed by atoms with Gasteiger partial charge < -0.3 is 16.0 Å². The van der Waals surface area contributed by atoms with Crippen LogP contribution in [0.15, 0.2) is 47.8 Å². The zero-order chi connectivity index (χ0) is 15.9. The molecule has 0 saturated carbocycles. The van der Waals surface area contributed by atoms with Crippen LogP contribution in [0.5, 0.6) is 0 Å². The zero-order valence-corrected chi connectivity index (χ0v) is 16.3. The molecule has 2 aromatic rings. The number of carbonyl (C=O) groups excluding carboxylic acids is 1. The number of carbonyl (C=O) groups is 1. The van der Waals surface area contributed by atoms with Crippen molar-refractivity contribution in [3.05, 3.63) is 58.3 Å². The van der Waals surface area contributed by atoms with Crippen molar-refractivity contribution in [2.75, 3.05) is 20.6 Å². The molecule has 2 rings (SSSR count). The molecular formula is C17H25Cl2N3OS. The Morgan fingerprint density at radius 1 is 1.17 bits per heavy atom. The van der Waals surface area contributed by atoms with Gasteiger partial charge in [0.1, 0.15) is 0 Å². The van der Waals surface area contributed by atoms with Gasteiger partial charge in [0.15, 0.2) is 0 Å². The smallest absolute Gasteiger partial charge is 0.221 e. The van der Waals surface area contributed by atoms with Gasteiger partial charge in [0, 0.05) is 23.9 Å². The molecule has 4 nitrogen and oxygen atoms in total. The van der Waals surface area contributed by atoms with Gasteiger partial charge in [-0.1, -0.05) is 36.4 Å². The van der Waals surface area contributed by atoms with Crippen LogP contribution in [0.3, 0.4) is 0 Å². The number of thiophene rings is 1. The van der Waals surface area contributed by atoms with Crippen molar-refractivity contribution in [2.24, 2.45) is 5.73 Å². The minimum absolute atomic E-state index is 0. The summed E-state index contributed by atoms with van der Waals surface area (Å²) in [6.45, 7) is 0.591. The van der Waals surface area contributed by atoms with Crippen LogP contribution in [0.1, 0.15) is 28.9 Å². The molecule has 0 aliphatic carbocycles. The lowest BCUT2D eigenvalue weighted by Gasteiger charge is -2.24.